The highest BCUT2D eigenvalue weighted by molar-refractivity contribution is 5.53. The number of nitrogens with zero attached hydrogens (tertiary/aromatic N) is 3. The fourth-order valence-electron chi connectivity index (χ4n) is 3.21. The maximum Gasteiger partial charge on any atom is 0.228 e. The number of hydrogen-bond donors (Lipinski definition) is 1. The summed E-state index contributed by atoms with van der Waals surface area (Å²) in [6, 6.07) is 17.1. The third kappa shape index (κ3) is 6.39. The van der Waals surface area contributed by atoms with Crippen molar-refractivity contribution in [3.63, 3.8) is 0 Å². The van der Waals surface area contributed by atoms with E-state index >= 15 is 0 Å². The summed E-state index contributed by atoms with van der Waals surface area (Å²) in [6.07, 6.45) is 3.13. The normalized spacial score (nSPS) is 12.5. The molecule has 0 saturated carbocycles. The molecule has 0 bridgehead atoms. The van der Waals surface area contributed by atoms with E-state index in [0.717, 1.165) is 17.1 Å². The van der Waals surface area contributed by atoms with Crippen molar-refractivity contribution in [2.24, 2.45) is 0 Å². The van der Waals surface area contributed by atoms with Gasteiger partial charge in [-0.05, 0) is 24.3 Å². The molecular weight excluding hydrogens is 398 g/mol. The summed E-state index contributed by atoms with van der Waals surface area (Å²) in [4.78, 5) is 6.56. The van der Waals surface area contributed by atoms with Crippen molar-refractivity contribution in [2.75, 3.05) is 19.7 Å². The van der Waals surface area contributed by atoms with Gasteiger partial charge in [-0.2, -0.15) is 4.98 Å². The Balaban J connectivity index is 1.31. The summed E-state index contributed by atoms with van der Waals surface area (Å²) in [7, 11) is 0. The lowest BCUT2D eigenvalue weighted by Gasteiger charge is -2.23. The Morgan fingerprint density at radius 3 is 2.48 bits per heavy atom. The first-order chi connectivity index (χ1) is 15.3. The van der Waals surface area contributed by atoms with Crippen LogP contribution in [0.2, 0.25) is 0 Å². The Kier molecular flexibility index (Phi) is 7.28. The first kappa shape index (κ1) is 21.0. The SMILES string of the molecule is OC(COCc1ccco1)CN(CCc1nc(-c2ccccc2)no1)Cc1ccco1. The van der Waals surface area contributed by atoms with Gasteiger partial charge in [-0.1, -0.05) is 35.5 Å². The summed E-state index contributed by atoms with van der Waals surface area (Å²) in [6.45, 7) is 2.12. The van der Waals surface area contributed by atoms with Gasteiger partial charge in [0.2, 0.25) is 11.7 Å². The number of aromatic nitrogens is 2. The second kappa shape index (κ2) is 10.7. The second-order valence-corrected chi connectivity index (χ2v) is 7.19. The van der Waals surface area contributed by atoms with E-state index in [9.17, 15) is 5.11 Å². The Labute approximate surface area is 180 Å². The van der Waals surface area contributed by atoms with Crippen LogP contribution in [-0.2, 0) is 24.3 Å². The van der Waals surface area contributed by atoms with Gasteiger partial charge in [-0.3, -0.25) is 4.90 Å². The molecule has 0 saturated heterocycles. The smallest absolute Gasteiger partial charge is 0.228 e. The molecule has 1 aromatic carbocycles. The molecule has 4 rings (SSSR count). The van der Waals surface area contributed by atoms with E-state index in [-0.39, 0.29) is 6.61 Å². The molecule has 1 atom stereocenters. The van der Waals surface area contributed by atoms with E-state index in [0.29, 0.717) is 44.4 Å². The first-order valence-corrected chi connectivity index (χ1v) is 10.2. The van der Waals surface area contributed by atoms with Gasteiger partial charge in [0.1, 0.15) is 18.1 Å². The number of rotatable bonds is 12. The molecule has 8 nitrogen and oxygen atoms in total. The molecule has 162 valence electrons. The third-order valence-corrected chi connectivity index (χ3v) is 4.71. The second-order valence-electron chi connectivity index (χ2n) is 7.19. The van der Waals surface area contributed by atoms with Crippen molar-refractivity contribution in [3.8, 4) is 11.4 Å². The summed E-state index contributed by atoms with van der Waals surface area (Å²) < 4.78 is 21.7. The largest absolute Gasteiger partial charge is 0.468 e. The van der Waals surface area contributed by atoms with Gasteiger partial charge in [0.05, 0.1) is 31.8 Å². The van der Waals surface area contributed by atoms with Crippen molar-refractivity contribution < 1.29 is 23.2 Å². The monoisotopic (exact) mass is 423 g/mol. The van der Waals surface area contributed by atoms with Gasteiger partial charge in [-0.25, -0.2) is 0 Å². The highest BCUT2D eigenvalue weighted by atomic mass is 16.5. The van der Waals surface area contributed by atoms with Crippen molar-refractivity contribution in [1.82, 2.24) is 15.0 Å². The molecule has 0 fully saturated rings. The van der Waals surface area contributed by atoms with Gasteiger partial charge < -0.3 is 23.2 Å². The molecule has 1 N–H and O–H groups in total. The zero-order chi connectivity index (χ0) is 21.3. The van der Waals surface area contributed by atoms with Gasteiger partial charge in [-0.15, -0.1) is 0 Å². The Morgan fingerprint density at radius 1 is 0.968 bits per heavy atom. The van der Waals surface area contributed by atoms with E-state index in [1.807, 2.05) is 48.5 Å². The van der Waals surface area contributed by atoms with Crippen LogP contribution in [0.15, 0.2) is 80.5 Å². The fraction of sp³-hybridized carbons (Fsp3) is 0.304. The summed E-state index contributed by atoms with van der Waals surface area (Å²) in [5.41, 5.74) is 0.911. The van der Waals surface area contributed by atoms with Crippen LogP contribution in [0.4, 0.5) is 0 Å². The minimum atomic E-state index is -0.660. The maximum atomic E-state index is 10.4. The van der Waals surface area contributed by atoms with Gasteiger partial charge in [0.25, 0.3) is 0 Å². The van der Waals surface area contributed by atoms with Crippen LogP contribution in [0, 0.1) is 0 Å². The molecular formula is C23H25N3O5. The summed E-state index contributed by atoms with van der Waals surface area (Å²) in [5.74, 6) is 2.66. The molecule has 0 aliphatic heterocycles. The van der Waals surface area contributed by atoms with Crippen LogP contribution in [0.25, 0.3) is 11.4 Å². The average molecular weight is 423 g/mol. The lowest BCUT2D eigenvalue weighted by atomic mass is 10.2. The maximum absolute atomic E-state index is 10.4. The molecule has 3 aromatic heterocycles. The standard InChI is InChI=1S/C23H25N3O5/c27-19(16-28-17-21-9-5-13-30-21)14-26(15-20-8-4-12-29-20)11-10-22-24-23(25-31-22)18-6-2-1-3-7-18/h1-9,12-13,19,27H,10-11,14-17H2. The number of furan rings is 2. The minimum Gasteiger partial charge on any atom is -0.468 e. The van der Waals surface area contributed by atoms with Crippen LogP contribution in [0.1, 0.15) is 17.4 Å². The van der Waals surface area contributed by atoms with E-state index in [1.165, 1.54) is 0 Å². The molecule has 31 heavy (non-hydrogen) atoms. The molecule has 1 unspecified atom stereocenters. The zero-order valence-corrected chi connectivity index (χ0v) is 17.1. The quantitative estimate of drug-likeness (QED) is 0.369. The molecule has 0 aliphatic rings. The molecule has 0 amide bonds. The summed E-state index contributed by atoms with van der Waals surface area (Å²) in [5, 5.41) is 14.5. The van der Waals surface area contributed by atoms with Crippen molar-refractivity contribution >= 4 is 0 Å². The van der Waals surface area contributed by atoms with Crippen molar-refractivity contribution in [3.05, 3.63) is 84.5 Å². The van der Waals surface area contributed by atoms with Crippen LogP contribution < -0.4 is 0 Å². The van der Waals surface area contributed by atoms with E-state index in [4.69, 9.17) is 18.1 Å². The predicted octanol–water partition coefficient (Wildman–Crippen LogP) is 3.55. The Bertz CT molecular complexity index is 999. The molecule has 0 radical (unpaired) electrons. The van der Waals surface area contributed by atoms with Crippen LogP contribution in [0.5, 0.6) is 0 Å². The molecule has 0 aliphatic carbocycles. The molecule has 8 heteroatoms. The zero-order valence-electron chi connectivity index (χ0n) is 17.1. The number of hydrogen-bond acceptors (Lipinski definition) is 8. The van der Waals surface area contributed by atoms with Gasteiger partial charge in [0.15, 0.2) is 0 Å². The Hall–Kier alpha value is -3.20. The highest BCUT2D eigenvalue weighted by Crippen LogP contribution is 2.15. The molecule has 4 aromatic rings. The topological polar surface area (TPSA) is 97.9 Å². The number of ether oxygens (including phenoxy) is 1. The van der Waals surface area contributed by atoms with Crippen LogP contribution in [-0.4, -0.2) is 45.9 Å². The lowest BCUT2D eigenvalue weighted by Crippen LogP contribution is -2.35. The minimum absolute atomic E-state index is 0.202. The number of aliphatic hydroxyl groups is 1. The number of aliphatic hydroxyl groups excluding tert-OH is 1. The molecule has 3 heterocycles. The molecule has 0 spiro atoms. The van der Waals surface area contributed by atoms with Gasteiger partial charge in [0, 0.05) is 25.1 Å². The first-order valence-electron chi connectivity index (χ1n) is 10.2. The number of benzene rings is 1. The predicted molar refractivity (Wildman–Crippen MR) is 112 cm³/mol. The Morgan fingerprint density at radius 2 is 1.74 bits per heavy atom. The fourth-order valence-corrected chi connectivity index (χ4v) is 3.21. The van der Waals surface area contributed by atoms with Gasteiger partial charge >= 0.3 is 0 Å². The highest BCUT2D eigenvalue weighted by Gasteiger charge is 2.16. The third-order valence-electron chi connectivity index (χ3n) is 4.71. The van der Waals surface area contributed by atoms with Crippen LogP contribution >= 0.6 is 0 Å². The summed E-state index contributed by atoms with van der Waals surface area (Å²) >= 11 is 0. The lowest BCUT2D eigenvalue weighted by molar-refractivity contribution is 0.00290. The van der Waals surface area contributed by atoms with E-state index < -0.39 is 6.10 Å². The van der Waals surface area contributed by atoms with Crippen molar-refractivity contribution in [2.45, 2.75) is 25.7 Å². The van der Waals surface area contributed by atoms with Crippen LogP contribution in [0.3, 0.4) is 0 Å². The van der Waals surface area contributed by atoms with Crippen molar-refractivity contribution in [1.29, 1.82) is 0 Å². The van der Waals surface area contributed by atoms with E-state index in [2.05, 4.69) is 15.0 Å². The van der Waals surface area contributed by atoms with E-state index in [1.54, 1.807) is 18.6 Å². The average Bonchev–Trinajstić information content (AvgIpc) is 3.56.